The predicted octanol–water partition coefficient (Wildman–Crippen LogP) is 2.78. The summed E-state index contributed by atoms with van der Waals surface area (Å²) >= 11 is 0. The SMILES string of the molecule is CCCCCC(O)Cc1nccn1CCC. The lowest BCUT2D eigenvalue weighted by molar-refractivity contribution is 0.157. The zero-order valence-electron chi connectivity index (χ0n) is 10.5. The molecule has 0 aliphatic carbocycles. The van der Waals surface area contributed by atoms with Crippen LogP contribution in [0.4, 0.5) is 0 Å². The Labute approximate surface area is 98.5 Å². The molecule has 0 aliphatic heterocycles. The van der Waals surface area contributed by atoms with Crippen LogP contribution in [-0.2, 0) is 13.0 Å². The second kappa shape index (κ2) is 7.44. The summed E-state index contributed by atoms with van der Waals surface area (Å²) in [5, 5.41) is 9.89. The average Bonchev–Trinajstić information content (AvgIpc) is 2.67. The Morgan fingerprint density at radius 2 is 2.12 bits per heavy atom. The van der Waals surface area contributed by atoms with Crippen molar-refractivity contribution in [3.8, 4) is 0 Å². The number of nitrogens with zero attached hydrogens (tertiary/aromatic N) is 2. The third kappa shape index (κ3) is 4.35. The minimum Gasteiger partial charge on any atom is -0.393 e. The standard InChI is InChI=1S/C13H24N2O/c1-3-5-6-7-12(16)11-13-14-8-10-15(13)9-4-2/h8,10,12,16H,3-7,9,11H2,1-2H3. The predicted molar refractivity (Wildman–Crippen MR) is 66.4 cm³/mol. The second-order valence-corrected chi connectivity index (χ2v) is 4.39. The first-order valence-electron chi connectivity index (χ1n) is 6.46. The third-order valence-electron chi connectivity index (χ3n) is 2.83. The lowest BCUT2D eigenvalue weighted by Gasteiger charge is -2.11. The van der Waals surface area contributed by atoms with Gasteiger partial charge in [0.15, 0.2) is 0 Å². The molecule has 0 aromatic carbocycles. The summed E-state index contributed by atoms with van der Waals surface area (Å²) < 4.78 is 2.14. The Morgan fingerprint density at radius 3 is 2.81 bits per heavy atom. The Bertz CT molecular complexity index is 283. The molecule has 16 heavy (non-hydrogen) atoms. The van der Waals surface area contributed by atoms with Crippen molar-refractivity contribution in [1.82, 2.24) is 9.55 Å². The zero-order chi connectivity index (χ0) is 11.8. The summed E-state index contributed by atoms with van der Waals surface area (Å²) in [6, 6.07) is 0. The van der Waals surface area contributed by atoms with Gasteiger partial charge in [-0.15, -0.1) is 0 Å². The second-order valence-electron chi connectivity index (χ2n) is 4.39. The van der Waals surface area contributed by atoms with E-state index in [0.29, 0.717) is 6.42 Å². The smallest absolute Gasteiger partial charge is 0.111 e. The maximum Gasteiger partial charge on any atom is 0.111 e. The van der Waals surface area contributed by atoms with E-state index in [0.717, 1.165) is 31.6 Å². The highest BCUT2D eigenvalue weighted by Gasteiger charge is 2.09. The molecule has 0 fully saturated rings. The van der Waals surface area contributed by atoms with Crippen LogP contribution in [0.1, 0.15) is 51.8 Å². The molecule has 1 N–H and O–H groups in total. The number of aromatic nitrogens is 2. The molecule has 1 unspecified atom stereocenters. The number of hydrogen-bond acceptors (Lipinski definition) is 2. The van der Waals surface area contributed by atoms with Crippen LogP contribution in [0.15, 0.2) is 12.4 Å². The summed E-state index contributed by atoms with van der Waals surface area (Å²) in [6.07, 6.45) is 9.81. The molecule has 1 heterocycles. The minimum absolute atomic E-state index is 0.232. The first-order chi connectivity index (χ1) is 7.77. The number of rotatable bonds is 8. The van der Waals surface area contributed by atoms with E-state index >= 15 is 0 Å². The molecule has 1 aromatic rings. The fraction of sp³-hybridized carbons (Fsp3) is 0.769. The van der Waals surface area contributed by atoms with Gasteiger partial charge in [-0.2, -0.15) is 0 Å². The molecular weight excluding hydrogens is 200 g/mol. The Morgan fingerprint density at radius 1 is 1.31 bits per heavy atom. The van der Waals surface area contributed by atoms with Gasteiger partial charge in [0.25, 0.3) is 0 Å². The van der Waals surface area contributed by atoms with Crippen molar-refractivity contribution in [2.75, 3.05) is 0 Å². The average molecular weight is 224 g/mol. The lowest BCUT2D eigenvalue weighted by Crippen LogP contribution is -2.14. The molecule has 1 aromatic heterocycles. The van der Waals surface area contributed by atoms with Gasteiger partial charge in [0.1, 0.15) is 5.82 Å². The highest BCUT2D eigenvalue weighted by Crippen LogP contribution is 2.09. The zero-order valence-corrected chi connectivity index (χ0v) is 10.5. The first-order valence-corrected chi connectivity index (χ1v) is 6.46. The van der Waals surface area contributed by atoms with Crippen LogP contribution in [-0.4, -0.2) is 20.8 Å². The maximum atomic E-state index is 9.89. The van der Waals surface area contributed by atoms with E-state index in [4.69, 9.17) is 0 Å². The monoisotopic (exact) mass is 224 g/mol. The van der Waals surface area contributed by atoms with Gasteiger partial charge in [-0.1, -0.05) is 33.1 Å². The first kappa shape index (κ1) is 13.2. The van der Waals surface area contributed by atoms with Crippen molar-refractivity contribution in [3.63, 3.8) is 0 Å². The Balaban J connectivity index is 2.36. The van der Waals surface area contributed by atoms with Crippen LogP contribution in [0.25, 0.3) is 0 Å². The maximum absolute atomic E-state index is 9.89. The van der Waals surface area contributed by atoms with Gasteiger partial charge in [0.2, 0.25) is 0 Å². The van der Waals surface area contributed by atoms with Crippen molar-refractivity contribution < 1.29 is 5.11 Å². The number of unbranched alkanes of at least 4 members (excludes halogenated alkanes) is 2. The van der Waals surface area contributed by atoms with Crippen LogP contribution in [0.3, 0.4) is 0 Å². The molecule has 0 radical (unpaired) electrons. The van der Waals surface area contributed by atoms with Crippen LogP contribution < -0.4 is 0 Å². The topological polar surface area (TPSA) is 38.1 Å². The van der Waals surface area contributed by atoms with Gasteiger partial charge in [-0.05, 0) is 12.8 Å². The number of aliphatic hydroxyl groups is 1. The molecule has 0 amide bonds. The summed E-state index contributed by atoms with van der Waals surface area (Å²) in [7, 11) is 0. The van der Waals surface area contributed by atoms with E-state index in [1.807, 2.05) is 12.4 Å². The largest absolute Gasteiger partial charge is 0.393 e. The molecule has 92 valence electrons. The molecular formula is C13H24N2O. The van der Waals surface area contributed by atoms with Crippen LogP contribution >= 0.6 is 0 Å². The van der Waals surface area contributed by atoms with Gasteiger partial charge in [-0.3, -0.25) is 0 Å². The molecule has 1 atom stereocenters. The summed E-state index contributed by atoms with van der Waals surface area (Å²) in [6.45, 7) is 5.33. The van der Waals surface area contributed by atoms with Gasteiger partial charge in [0, 0.05) is 25.4 Å². The Hall–Kier alpha value is -0.830. The van der Waals surface area contributed by atoms with E-state index in [1.165, 1.54) is 12.8 Å². The van der Waals surface area contributed by atoms with E-state index in [-0.39, 0.29) is 6.10 Å². The highest BCUT2D eigenvalue weighted by molar-refractivity contribution is 4.94. The lowest BCUT2D eigenvalue weighted by atomic mass is 10.1. The van der Waals surface area contributed by atoms with Gasteiger partial charge < -0.3 is 9.67 Å². The van der Waals surface area contributed by atoms with Crippen LogP contribution in [0, 0.1) is 0 Å². The van der Waals surface area contributed by atoms with Crippen molar-refractivity contribution in [2.45, 2.75) is 65.0 Å². The van der Waals surface area contributed by atoms with Crippen molar-refractivity contribution in [3.05, 3.63) is 18.2 Å². The van der Waals surface area contributed by atoms with Crippen LogP contribution in [0.2, 0.25) is 0 Å². The van der Waals surface area contributed by atoms with Crippen molar-refractivity contribution in [2.24, 2.45) is 0 Å². The molecule has 3 nitrogen and oxygen atoms in total. The van der Waals surface area contributed by atoms with Gasteiger partial charge in [0.05, 0.1) is 6.10 Å². The summed E-state index contributed by atoms with van der Waals surface area (Å²) in [4.78, 5) is 4.31. The van der Waals surface area contributed by atoms with Gasteiger partial charge in [-0.25, -0.2) is 4.98 Å². The fourth-order valence-corrected chi connectivity index (χ4v) is 1.92. The van der Waals surface area contributed by atoms with E-state index in [2.05, 4.69) is 23.4 Å². The van der Waals surface area contributed by atoms with E-state index in [1.54, 1.807) is 0 Å². The quantitative estimate of drug-likeness (QED) is 0.689. The summed E-state index contributed by atoms with van der Waals surface area (Å²) in [5.74, 6) is 1.02. The van der Waals surface area contributed by atoms with Gasteiger partial charge >= 0.3 is 0 Å². The summed E-state index contributed by atoms with van der Waals surface area (Å²) in [5.41, 5.74) is 0. The molecule has 0 saturated heterocycles. The molecule has 0 spiro atoms. The fourth-order valence-electron chi connectivity index (χ4n) is 1.92. The highest BCUT2D eigenvalue weighted by atomic mass is 16.3. The number of aliphatic hydroxyl groups excluding tert-OH is 1. The van der Waals surface area contributed by atoms with Crippen molar-refractivity contribution in [1.29, 1.82) is 0 Å². The van der Waals surface area contributed by atoms with Crippen molar-refractivity contribution >= 4 is 0 Å². The normalized spacial score (nSPS) is 12.9. The number of hydrogen-bond donors (Lipinski definition) is 1. The van der Waals surface area contributed by atoms with Crippen LogP contribution in [0.5, 0.6) is 0 Å². The minimum atomic E-state index is -0.232. The molecule has 0 saturated carbocycles. The molecule has 1 rings (SSSR count). The van der Waals surface area contributed by atoms with E-state index < -0.39 is 0 Å². The van der Waals surface area contributed by atoms with E-state index in [9.17, 15) is 5.11 Å². The number of imidazole rings is 1. The third-order valence-corrected chi connectivity index (χ3v) is 2.83. The number of aryl methyl sites for hydroxylation is 1. The molecule has 0 aliphatic rings. The molecule has 0 bridgehead atoms. The Kier molecular flexibility index (Phi) is 6.16. The molecule has 3 heteroatoms.